The van der Waals surface area contributed by atoms with Crippen LogP contribution in [0.1, 0.15) is 89.8 Å². The molecule has 0 atom stereocenters. The van der Waals surface area contributed by atoms with Crippen LogP contribution >= 0.6 is 0 Å². The molecule has 44 heavy (non-hydrogen) atoms. The molecule has 0 radical (unpaired) electrons. The van der Waals surface area contributed by atoms with Gasteiger partial charge in [0.05, 0.1) is 12.3 Å². The Labute approximate surface area is 264 Å². The molecule has 1 aromatic carbocycles. The second kappa shape index (κ2) is 18.3. The number of nitrogens with zero attached hydrogens (tertiary/aromatic N) is 5. The second-order valence-corrected chi connectivity index (χ2v) is 11.1. The van der Waals surface area contributed by atoms with E-state index >= 15 is 0 Å². The molecule has 9 heteroatoms. The molecule has 242 valence electrons. The zero-order valence-electron chi connectivity index (χ0n) is 27.7. The minimum absolute atomic E-state index is 0. The van der Waals surface area contributed by atoms with Crippen LogP contribution in [0.2, 0.25) is 0 Å². The molecule has 1 N–H and O–H groups in total. The molecule has 1 aliphatic rings. The van der Waals surface area contributed by atoms with Crippen LogP contribution in [0.5, 0.6) is 6.01 Å². The van der Waals surface area contributed by atoms with Crippen molar-refractivity contribution in [3.05, 3.63) is 75.4 Å². The highest BCUT2D eigenvalue weighted by Crippen LogP contribution is 2.17. The predicted octanol–water partition coefficient (Wildman–Crippen LogP) is 6.57. The molecule has 3 aromatic rings. The summed E-state index contributed by atoms with van der Waals surface area (Å²) in [4.78, 5) is 41.8. The van der Waals surface area contributed by atoms with E-state index in [-0.39, 0.29) is 12.9 Å². The maximum absolute atomic E-state index is 12.9. The summed E-state index contributed by atoms with van der Waals surface area (Å²) in [5.41, 5.74) is 5.07. The Kier molecular flexibility index (Phi) is 14.5. The second-order valence-electron chi connectivity index (χ2n) is 11.1. The van der Waals surface area contributed by atoms with E-state index in [2.05, 4.69) is 62.9 Å². The molecule has 0 fully saturated rings. The van der Waals surface area contributed by atoms with Crippen molar-refractivity contribution in [3.63, 3.8) is 0 Å². The minimum atomic E-state index is -0.177. The first-order valence-corrected chi connectivity index (χ1v) is 16.4. The Morgan fingerprint density at radius 3 is 2.48 bits per heavy atom. The highest BCUT2D eigenvalue weighted by Gasteiger charge is 2.15. The predicted molar refractivity (Wildman–Crippen MR) is 182 cm³/mol. The van der Waals surface area contributed by atoms with Gasteiger partial charge in [0.25, 0.3) is 0 Å². The summed E-state index contributed by atoms with van der Waals surface area (Å²) >= 11 is 0. The van der Waals surface area contributed by atoms with Crippen LogP contribution in [0.4, 0.5) is 0 Å². The maximum Gasteiger partial charge on any atom is 0.327 e. The molecule has 9 nitrogen and oxygen atoms in total. The molecule has 4 rings (SSSR count). The number of ether oxygens (including phenoxy) is 1. The van der Waals surface area contributed by atoms with E-state index in [9.17, 15) is 9.59 Å². The first-order chi connectivity index (χ1) is 21.4. The Morgan fingerprint density at radius 1 is 1.05 bits per heavy atom. The van der Waals surface area contributed by atoms with Crippen molar-refractivity contribution < 1.29 is 11.0 Å². The van der Waals surface area contributed by atoms with Gasteiger partial charge < -0.3 is 14.6 Å². The summed E-state index contributed by atoms with van der Waals surface area (Å²) in [6.07, 6.45) is 11.4. The fraction of sp³-hybridized carbons (Fsp3) is 0.543. The average molecular weight is 607 g/mol. The molecule has 2 aromatic heterocycles. The highest BCUT2D eigenvalue weighted by molar-refractivity contribution is 5.94. The number of rotatable bonds is 19. The number of aromatic amines is 1. The average Bonchev–Trinajstić information content (AvgIpc) is 3.32. The Balaban J connectivity index is 0.00000230. The van der Waals surface area contributed by atoms with Gasteiger partial charge in [-0.1, -0.05) is 70.5 Å². The first kappa shape index (κ1) is 34.9. The zero-order chi connectivity index (χ0) is 31.9. The van der Waals surface area contributed by atoms with Crippen molar-refractivity contribution in [2.75, 3.05) is 39.3 Å². The Bertz CT molecular complexity index is 1460. The standard InChI is InChI=1S/C33H46N6O3.C2H6.H2/c1-5-7-22-42-32-34-25(3)30-31(36-32)39(33(41)35-30)20-11-19-38(24-28-14-9-15-29(23-28)26(4)40)18-10-17-37(6-2)21-16-27-12-8-13-27;1-2;/h8-9,12-15,23H,5-7,10-11,16-22,24H2,1-4H3,(H,35,41);1-2H3;1H. The normalized spacial score (nSPS) is 12.3. The van der Waals surface area contributed by atoms with E-state index in [1.165, 1.54) is 5.57 Å². The number of ketones is 1. The molecule has 0 saturated carbocycles. The molecular formula is C35H54N6O3. The van der Waals surface area contributed by atoms with Crippen molar-refractivity contribution in [1.29, 1.82) is 0 Å². The minimum Gasteiger partial charge on any atom is -0.463 e. The van der Waals surface area contributed by atoms with Gasteiger partial charge in [-0.3, -0.25) is 14.3 Å². The Hall–Kier alpha value is -3.56. The number of imidazole rings is 1. The number of allylic oxidation sites excluding steroid dienone is 3. The topological polar surface area (TPSA) is 96.4 Å². The molecule has 1 aliphatic carbocycles. The number of hydrogen-bond acceptors (Lipinski definition) is 7. The molecule has 0 unspecified atom stereocenters. The lowest BCUT2D eigenvalue weighted by Crippen LogP contribution is -2.32. The van der Waals surface area contributed by atoms with Crippen LogP contribution in [0, 0.1) is 6.92 Å². The van der Waals surface area contributed by atoms with Crippen LogP contribution in [-0.2, 0) is 13.1 Å². The number of carbonyl (C=O) groups is 1. The molecule has 0 aliphatic heterocycles. The first-order valence-electron chi connectivity index (χ1n) is 16.4. The van der Waals surface area contributed by atoms with E-state index in [1.54, 1.807) is 11.5 Å². The summed E-state index contributed by atoms with van der Waals surface area (Å²) in [5, 5.41) is 0. The number of Topliss-reactive ketones (excluding diaryl/α,β-unsaturated/α-hetero) is 1. The van der Waals surface area contributed by atoms with Crippen molar-refractivity contribution in [1.82, 2.24) is 29.3 Å². The smallest absolute Gasteiger partial charge is 0.327 e. The van der Waals surface area contributed by atoms with Gasteiger partial charge in [-0.15, -0.1) is 0 Å². The lowest BCUT2D eigenvalue weighted by molar-refractivity contribution is 0.101. The summed E-state index contributed by atoms with van der Waals surface area (Å²) in [5.74, 6) is 0.0763. The fourth-order valence-corrected chi connectivity index (χ4v) is 5.23. The summed E-state index contributed by atoms with van der Waals surface area (Å²) in [7, 11) is 0. The van der Waals surface area contributed by atoms with Gasteiger partial charge in [0, 0.05) is 33.2 Å². The molecule has 0 amide bonds. The largest absolute Gasteiger partial charge is 0.463 e. The van der Waals surface area contributed by atoms with Crippen molar-refractivity contribution >= 4 is 16.9 Å². The van der Waals surface area contributed by atoms with E-state index < -0.39 is 0 Å². The van der Waals surface area contributed by atoms with Crippen LogP contribution in [0.25, 0.3) is 11.2 Å². The molecule has 0 spiro atoms. The van der Waals surface area contributed by atoms with Gasteiger partial charge in [0.1, 0.15) is 5.52 Å². The zero-order valence-corrected chi connectivity index (χ0v) is 27.7. The SMILES string of the molecule is CC.CCCCOc1nc(C)c2[nH]c(=O)n(CCCN(CCCN(CC)CCC3=CC=C3)Cc3cccc(C(C)=O)c3)c2n1.[HH]. The fourth-order valence-electron chi connectivity index (χ4n) is 5.23. The number of nitrogens with one attached hydrogen (secondary N) is 1. The maximum atomic E-state index is 12.9. The van der Waals surface area contributed by atoms with Gasteiger partial charge in [-0.2, -0.15) is 9.97 Å². The summed E-state index contributed by atoms with van der Waals surface area (Å²) in [6, 6.07) is 8.23. The van der Waals surface area contributed by atoms with Crippen molar-refractivity contribution in [2.24, 2.45) is 0 Å². The molecule has 0 saturated heterocycles. The number of unbranched alkanes of at least 4 members (excludes halogenated alkanes) is 1. The number of hydrogen-bond donors (Lipinski definition) is 1. The number of benzene rings is 1. The summed E-state index contributed by atoms with van der Waals surface area (Å²) < 4.78 is 7.46. The third-order valence-electron chi connectivity index (χ3n) is 7.84. The van der Waals surface area contributed by atoms with Crippen LogP contribution in [0.15, 0.2) is 52.9 Å². The number of carbonyl (C=O) groups excluding carboxylic acids is 1. The van der Waals surface area contributed by atoms with Crippen molar-refractivity contribution in [3.8, 4) is 6.01 Å². The number of H-pyrrole nitrogens is 1. The Morgan fingerprint density at radius 2 is 1.80 bits per heavy atom. The lowest BCUT2D eigenvalue weighted by atomic mass is 10.1. The van der Waals surface area contributed by atoms with Crippen LogP contribution in [-0.4, -0.2) is 74.4 Å². The highest BCUT2D eigenvalue weighted by atomic mass is 16.5. The molecule has 0 bridgehead atoms. The van der Waals surface area contributed by atoms with Gasteiger partial charge in [-0.25, -0.2) is 4.79 Å². The molecular weight excluding hydrogens is 552 g/mol. The number of aryl methyl sites for hydroxylation is 2. The third-order valence-corrected chi connectivity index (χ3v) is 7.84. The van der Waals surface area contributed by atoms with Crippen LogP contribution < -0.4 is 10.4 Å². The van der Waals surface area contributed by atoms with Gasteiger partial charge in [-0.05, 0) is 76.4 Å². The van der Waals surface area contributed by atoms with Crippen molar-refractivity contribution in [2.45, 2.75) is 86.7 Å². The third kappa shape index (κ3) is 10.3. The van der Waals surface area contributed by atoms with Gasteiger partial charge in [0.2, 0.25) is 0 Å². The van der Waals surface area contributed by atoms with E-state index in [0.717, 1.165) is 82.5 Å². The van der Waals surface area contributed by atoms with E-state index in [0.29, 0.717) is 36.0 Å². The molecule has 2 heterocycles. The number of aromatic nitrogens is 4. The van der Waals surface area contributed by atoms with Gasteiger partial charge in [0.15, 0.2) is 11.4 Å². The van der Waals surface area contributed by atoms with Crippen LogP contribution in [0.3, 0.4) is 0 Å². The lowest BCUT2D eigenvalue weighted by Gasteiger charge is -2.26. The van der Waals surface area contributed by atoms with Gasteiger partial charge >= 0.3 is 11.7 Å². The van der Waals surface area contributed by atoms with E-state index in [4.69, 9.17) is 4.74 Å². The number of fused-ring (bicyclic) bond motifs is 1. The quantitative estimate of drug-likeness (QED) is 0.122. The monoisotopic (exact) mass is 606 g/mol. The van der Waals surface area contributed by atoms with E-state index in [1.807, 2.05) is 39.0 Å². The summed E-state index contributed by atoms with van der Waals surface area (Å²) in [6.45, 7) is 18.6.